The van der Waals surface area contributed by atoms with Crippen LogP contribution in [0.15, 0.2) is 25.4 Å². The lowest BCUT2D eigenvalue weighted by Crippen LogP contribution is -2.23. The van der Waals surface area contributed by atoms with E-state index in [0.29, 0.717) is 10.0 Å². The number of fused-ring (bicyclic) bond motifs is 1. The highest BCUT2D eigenvalue weighted by molar-refractivity contribution is 9.14. The summed E-state index contributed by atoms with van der Waals surface area (Å²) in [6.07, 6.45) is -2.43. The van der Waals surface area contributed by atoms with Gasteiger partial charge in [0.1, 0.15) is 0 Å². The van der Waals surface area contributed by atoms with Gasteiger partial charge in [-0.1, -0.05) is 11.8 Å². The topological polar surface area (TPSA) is 29.4 Å². The van der Waals surface area contributed by atoms with Crippen molar-refractivity contribution < 1.29 is 18.0 Å². The molecule has 1 unspecified atom stereocenters. The Morgan fingerprint density at radius 2 is 2.13 bits per heavy atom. The molecule has 1 amide bonds. The van der Waals surface area contributed by atoms with Crippen molar-refractivity contribution in [3.8, 4) is 0 Å². The monoisotopic (exact) mass is 297 g/mol. The number of hydrogen-bond donors (Lipinski definition) is 0. The number of amides is 1. The molecule has 80 valence electrons. The van der Waals surface area contributed by atoms with Gasteiger partial charge < -0.3 is 0 Å². The van der Waals surface area contributed by atoms with Crippen LogP contribution >= 0.6 is 27.7 Å². The second-order valence-electron chi connectivity index (χ2n) is 2.92. The van der Waals surface area contributed by atoms with Crippen molar-refractivity contribution in [3.05, 3.63) is 20.4 Å². The number of hydrogen-bond acceptors (Lipinski definition) is 2. The van der Waals surface area contributed by atoms with Gasteiger partial charge in [0.05, 0.1) is 15.3 Å². The van der Waals surface area contributed by atoms with E-state index < -0.39 is 23.6 Å². The van der Waals surface area contributed by atoms with Crippen molar-refractivity contribution in [2.45, 2.75) is 6.18 Å². The molecule has 0 N–H and O–H groups in total. The zero-order valence-corrected chi connectivity index (χ0v) is 9.41. The Hall–Kier alpha value is -0.560. The first-order valence-corrected chi connectivity index (χ1v) is 5.45. The molecular formula is C8H3BrF3NOS. The standard InChI is InChI=1S/C8H3BrF3NOS/c9-5-1-3-6(15-5)4(8(10,11)12)2-13-7(3)14/h1-3H. The molecule has 2 rings (SSSR count). The number of nitrogens with zero attached hydrogens (tertiary/aromatic N) is 1. The first kappa shape index (κ1) is 10.9. The molecule has 0 saturated carbocycles. The van der Waals surface area contributed by atoms with Crippen LogP contribution in [0.1, 0.15) is 0 Å². The maximum absolute atomic E-state index is 12.5. The minimum absolute atomic E-state index is 0.00868. The first-order valence-electron chi connectivity index (χ1n) is 3.84. The molecule has 7 heteroatoms. The third kappa shape index (κ3) is 1.90. The van der Waals surface area contributed by atoms with Gasteiger partial charge in [-0.3, -0.25) is 4.79 Å². The molecule has 0 spiro atoms. The second kappa shape index (κ2) is 3.48. The molecule has 0 aromatic rings. The van der Waals surface area contributed by atoms with Gasteiger partial charge in [0, 0.05) is 11.1 Å². The Labute approximate surface area is 95.4 Å². The van der Waals surface area contributed by atoms with Crippen LogP contribution in [0.25, 0.3) is 0 Å². The van der Waals surface area contributed by atoms with E-state index in [2.05, 4.69) is 20.9 Å². The zero-order chi connectivity index (χ0) is 11.2. The van der Waals surface area contributed by atoms with Crippen LogP contribution in [0.5, 0.6) is 0 Å². The van der Waals surface area contributed by atoms with Crippen molar-refractivity contribution >= 4 is 39.8 Å². The quantitative estimate of drug-likeness (QED) is 0.688. The fraction of sp³-hybridized carbons (Fsp3) is 0.250. The summed E-state index contributed by atoms with van der Waals surface area (Å²) in [5.41, 5.74) is -0.831. The van der Waals surface area contributed by atoms with Crippen molar-refractivity contribution in [3.63, 3.8) is 0 Å². The molecule has 0 aromatic heterocycles. The molecule has 0 aromatic carbocycles. The summed E-state index contributed by atoms with van der Waals surface area (Å²) in [5, 5.41) is 0. The maximum Gasteiger partial charge on any atom is 0.418 e. The Bertz CT molecular complexity index is 424. The lowest BCUT2D eigenvalue weighted by Gasteiger charge is -2.17. The number of rotatable bonds is 0. The predicted molar refractivity (Wildman–Crippen MR) is 54.7 cm³/mol. The fourth-order valence-electron chi connectivity index (χ4n) is 1.30. The Kier molecular flexibility index (Phi) is 2.54. The Balaban J connectivity index is 2.49. The van der Waals surface area contributed by atoms with Crippen LogP contribution in [0.3, 0.4) is 0 Å². The van der Waals surface area contributed by atoms with Gasteiger partial charge in [0.2, 0.25) is 0 Å². The van der Waals surface area contributed by atoms with E-state index in [-0.39, 0.29) is 4.91 Å². The molecule has 0 radical (unpaired) electrons. The van der Waals surface area contributed by atoms with E-state index in [4.69, 9.17) is 0 Å². The molecular weight excluding hydrogens is 295 g/mol. The molecule has 2 heterocycles. The third-order valence-corrected chi connectivity index (χ3v) is 3.72. The molecule has 2 aliphatic heterocycles. The number of carbonyl (C=O) groups excluding carboxylic acids is 1. The van der Waals surface area contributed by atoms with Crippen molar-refractivity contribution in [2.24, 2.45) is 10.9 Å². The Morgan fingerprint density at radius 1 is 1.47 bits per heavy atom. The number of dihydropyridines is 1. The zero-order valence-electron chi connectivity index (χ0n) is 7.01. The summed E-state index contributed by atoms with van der Waals surface area (Å²) in [4.78, 5) is 14.5. The summed E-state index contributed by atoms with van der Waals surface area (Å²) < 4.78 is 38.1. The van der Waals surface area contributed by atoms with Gasteiger partial charge in [-0.05, 0) is 22.0 Å². The average molecular weight is 298 g/mol. The molecule has 1 atom stereocenters. The normalized spacial score (nSPS) is 25.7. The summed E-state index contributed by atoms with van der Waals surface area (Å²) in [5.74, 6) is -1.43. The molecule has 0 bridgehead atoms. The highest BCUT2D eigenvalue weighted by Gasteiger charge is 2.43. The molecule has 0 fully saturated rings. The average Bonchev–Trinajstić information content (AvgIpc) is 2.45. The fourth-order valence-corrected chi connectivity index (χ4v) is 3.08. The number of carbonyl (C=O) groups is 1. The van der Waals surface area contributed by atoms with Gasteiger partial charge in [-0.25, -0.2) is 4.99 Å². The predicted octanol–water partition coefficient (Wildman–Crippen LogP) is 3.01. The smallest absolute Gasteiger partial charge is 0.272 e. The molecule has 0 aliphatic carbocycles. The highest BCUT2D eigenvalue weighted by atomic mass is 79.9. The van der Waals surface area contributed by atoms with Crippen LogP contribution in [0, 0.1) is 5.92 Å². The summed E-state index contributed by atoms with van der Waals surface area (Å²) in [6, 6.07) is 0. The van der Waals surface area contributed by atoms with Crippen molar-refractivity contribution in [1.29, 1.82) is 0 Å². The lowest BCUT2D eigenvalue weighted by atomic mass is 10.0. The van der Waals surface area contributed by atoms with Crippen LogP contribution in [0.2, 0.25) is 0 Å². The SMILES string of the molecule is O=C1N=CC(C(F)(F)F)=C2SC(Br)=CC12. The summed E-state index contributed by atoms with van der Waals surface area (Å²) >= 11 is 3.98. The van der Waals surface area contributed by atoms with Crippen molar-refractivity contribution in [2.75, 3.05) is 0 Å². The summed E-state index contributed by atoms with van der Waals surface area (Å²) in [7, 11) is 0. The molecule has 2 aliphatic rings. The van der Waals surface area contributed by atoms with Gasteiger partial charge in [0.15, 0.2) is 0 Å². The second-order valence-corrected chi connectivity index (χ2v) is 5.39. The van der Waals surface area contributed by atoms with Gasteiger partial charge in [-0.15, -0.1) is 0 Å². The molecule has 0 saturated heterocycles. The van der Waals surface area contributed by atoms with E-state index in [1.807, 2.05) is 0 Å². The first-order chi connectivity index (χ1) is 6.89. The lowest BCUT2D eigenvalue weighted by molar-refractivity contribution is -0.119. The number of allylic oxidation sites excluding steroid dienone is 1. The van der Waals surface area contributed by atoms with E-state index in [1.165, 1.54) is 6.08 Å². The number of aliphatic imine (C=N–C) groups is 1. The highest BCUT2D eigenvalue weighted by Crippen LogP contribution is 2.48. The minimum Gasteiger partial charge on any atom is -0.272 e. The molecule has 2 nitrogen and oxygen atoms in total. The number of halogens is 4. The third-order valence-electron chi connectivity index (χ3n) is 1.95. The molecule has 15 heavy (non-hydrogen) atoms. The number of thioether (sulfide) groups is 1. The maximum atomic E-state index is 12.5. The van der Waals surface area contributed by atoms with E-state index >= 15 is 0 Å². The summed E-state index contributed by atoms with van der Waals surface area (Å²) in [6.45, 7) is 0. The number of alkyl halides is 3. The van der Waals surface area contributed by atoms with Crippen molar-refractivity contribution in [1.82, 2.24) is 0 Å². The van der Waals surface area contributed by atoms with Gasteiger partial charge in [0.25, 0.3) is 5.91 Å². The Morgan fingerprint density at radius 3 is 2.73 bits per heavy atom. The van der Waals surface area contributed by atoms with Gasteiger partial charge in [-0.2, -0.15) is 13.2 Å². The van der Waals surface area contributed by atoms with E-state index in [9.17, 15) is 18.0 Å². The van der Waals surface area contributed by atoms with E-state index in [0.717, 1.165) is 11.8 Å². The van der Waals surface area contributed by atoms with Crippen LogP contribution in [-0.2, 0) is 4.79 Å². The van der Waals surface area contributed by atoms with Gasteiger partial charge >= 0.3 is 6.18 Å². The van der Waals surface area contributed by atoms with Crippen LogP contribution in [0.4, 0.5) is 13.2 Å². The van der Waals surface area contributed by atoms with E-state index in [1.54, 1.807) is 0 Å². The van der Waals surface area contributed by atoms with Crippen LogP contribution < -0.4 is 0 Å². The largest absolute Gasteiger partial charge is 0.418 e. The van der Waals surface area contributed by atoms with Crippen LogP contribution in [-0.4, -0.2) is 18.3 Å². The minimum atomic E-state index is -4.46.